The van der Waals surface area contributed by atoms with Crippen molar-refractivity contribution in [2.75, 3.05) is 18.0 Å². The van der Waals surface area contributed by atoms with Gasteiger partial charge in [-0.1, -0.05) is 53.7 Å². The van der Waals surface area contributed by atoms with E-state index in [1.807, 2.05) is 0 Å². The second-order valence-electron chi connectivity index (χ2n) is 12.9. The van der Waals surface area contributed by atoms with Crippen molar-refractivity contribution in [2.24, 2.45) is 11.3 Å². The summed E-state index contributed by atoms with van der Waals surface area (Å²) in [5.74, 6) is 0.470. The Kier molecular flexibility index (Phi) is 5.15. The van der Waals surface area contributed by atoms with Crippen molar-refractivity contribution in [3.8, 4) is 12.1 Å². The molecule has 5 rings (SSSR count). The van der Waals surface area contributed by atoms with Crippen molar-refractivity contribution in [2.45, 2.75) is 84.5 Å². The summed E-state index contributed by atoms with van der Waals surface area (Å²) in [6.45, 7) is 16.5. The number of anilines is 1. The van der Waals surface area contributed by atoms with Gasteiger partial charge in [-0.05, 0) is 99.8 Å². The molecule has 1 aromatic rings. The van der Waals surface area contributed by atoms with Crippen molar-refractivity contribution in [3.05, 3.63) is 57.7 Å². The SMILES string of the molecule is CC1(C)CCN2CCC(C)(C)c3cc(C4=CC5=CC(=C(C#N)C#N)CC(C)(C)C5CC4)cc1c32. The number of allylic oxidation sites excluding steroid dienone is 6. The quantitative estimate of drug-likeness (QED) is 0.419. The van der Waals surface area contributed by atoms with Crippen LogP contribution in [0.3, 0.4) is 0 Å². The van der Waals surface area contributed by atoms with Crippen LogP contribution >= 0.6 is 0 Å². The molecule has 1 unspecified atom stereocenters. The zero-order valence-electron chi connectivity index (χ0n) is 21.7. The fourth-order valence-corrected chi connectivity index (χ4v) is 6.87. The lowest BCUT2D eigenvalue weighted by Crippen LogP contribution is -2.44. The van der Waals surface area contributed by atoms with Crippen LogP contribution in [0, 0.1) is 34.0 Å². The fraction of sp³-hybridized carbons (Fsp3) is 0.548. The van der Waals surface area contributed by atoms with Crippen LogP contribution in [-0.2, 0) is 10.8 Å². The molecule has 2 aliphatic carbocycles. The lowest BCUT2D eigenvalue weighted by Gasteiger charge is -2.48. The molecule has 4 aliphatic rings. The third-order valence-electron chi connectivity index (χ3n) is 9.19. The van der Waals surface area contributed by atoms with E-state index in [-0.39, 0.29) is 21.8 Å². The third-order valence-corrected chi connectivity index (χ3v) is 9.19. The lowest BCUT2D eigenvalue weighted by atomic mass is 9.62. The molecule has 176 valence electrons. The second kappa shape index (κ2) is 7.61. The molecule has 0 aromatic heterocycles. The Morgan fingerprint density at radius 3 is 2.06 bits per heavy atom. The predicted molar refractivity (Wildman–Crippen MR) is 139 cm³/mol. The monoisotopic (exact) mass is 451 g/mol. The highest BCUT2D eigenvalue weighted by atomic mass is 15.2. The van der Waals surface area contributed by atoms with Gasteiger partial charge in [0.15, 0.2) is 0 Å². The normalized spacial score (nSPS) is 25.7. The number of hydrogen-bond acceptors (Lipinski definition) is 3. The Hall–Kier alpha value is -2.78. The first-order valence-electron chi connectivity index (χ1n) is 12.9. The fourth-order valence-electron chi connectivity index (χ4n) is 6.87. The van der Waals surface area contributed by atoms with Gasteiger partial charge in [-0.25, -0.2) is 0 Å². The minimum Gasteiger partial charge on any atom is -0.371 e. The van der Waals surface area contributed by atoms with Gasteiger partial charge in [0.05, 0.1) is 0 Å². The molecule has 0 saturated heterocycles. The first-order valence-corrected chi connectivity index (χ1v) is 12.9. The molecule has 34 heavy (non-hydrogen) atoms. The van der Waals surface area contributed by atoms with Crippen LogP contribution in [0.2, 0.25) is 0 Å². The summed E-state index contributed by atoms with van der Waals surface area (Å²) in [7, 11) is 0. The van der Waals surface area contributed by atoms with Gasteiger partial charge in [0.1, 0.15) is 17.7 Å². The first kappa shape index (κ1) is 23.0. The molecule has 0 spiro atoms. The molecular formula is C31H37N3. The topological polar surface area (TPSA) is 50.8 Å². The Morgan fingerprint density at radius 2 is 1.50 bits per heavy atom. The number of hydrogen-bond donors (Lipinski definition) is 0. The van der Waals surface area contributed by atoms with Gasteiger partial charge in [0, 0.05) is 18.8 Å². The molecule has 3 nitrogen and oxygen atoms in total. The van der Waals surface area contributed by atoms with Gasteiger partial charge in [0.25, 0.3) is 0 Å². The van der Waals surface area contributed by atoms with E-state index in [0.29, 0.717) is 5.92 Å². The minimum atomic E-state index is 0.0483. The maximum absolute atomic E-state index is 9.49. The van der Waals surface area contributed by atoms with E-state index in [1.165, 1.54) is 46.4 Å². The molecule has 1 atom stereocenters. The number of benzene rings is 1. The molecule has 1 aromatic carbocycles. The van der Waals surface area contributed by atoms with Crippen LogP contribution in [0.5, 0.6) is 0 Å². The molecule has 0 bridgehead atoms. The van der Waals surface area contributed by atoms with Gasteiger partial charge < -0.3 is 4.90 Å². The van der Waals surface area contributed by atoms with E-state index in [9.17, 15) is 10.5 Å². The van der Waals surface area contributed by atoms with Crippen molar-refractivity contribution in [1.82, 2.24) is 0 Å². The maximum Gasteiger partial charge on any atom is 0.132 e. The van der Waals surface area contributed by atoms with Gasteiger partial charge in [-0.2, -0.15) is 10.5 Å². The van der Waals surface area contributed by atoms with E-state index >= 15 is 0 Å². The van der Waals surface area contributed by atoms with Crippen molar-refractivity contribution in [1.29, 1.82) is 10.5 Å². The molecule has 3 heteroatoms. The summed E-state index contributed by atoms with van der Waals surface area (Å²) in [4.78, 5) is 2.63. The highest BCUT2D eigenvalue weighted by Crippen LogP contribution is 2.53. The maximum atomic E-state index is 9.49. The molecule has 0 amide bonds. The number of nitrogens with zero attached hydrogens (tertiary/aromatic N) is 3. The van der Waals surface area contributed by atoms with Crippen molar-refractivity contribution in [3.63, 3.8) is 0 Å². The number of nitriles is 2. The van der Waals surface area contributed by atoms with Crippen LogP contribution in [0.15, 0.2) is 41.0 Å². The zero-order chi connectivity index (χ0) is 24.5. The van der Waals surface area contributed by atoms with Crippen LogP contribution in [0.25, 0.3) is 5.57 Å². The Bertz CT molecular complexity index is 1180. The summed E-state index contributed by atoms with van der Waals surface area (Å²) >= 11 is 0. The molecule has 2 heterocycles. The molecule has 2 aliphatic heterocycles. The van der Waals surface area contributed by atoms with E-state index in [0.717, 1.165) is 37.9 Å². The van der Waals surface area contributed by atoms with Crippen molar-refractivity contribution < 1.29 is 0 Å². The summed E-state index contributed by atoms with van der Waals surface area (Å²) in [5, 5.41) is 19.0. The van der Waals surface area contributed by atoms with Crippen LogP contribution in [0.4, 0.5) is 5.69 Å². The first-order chi connectivity index (χ1) is 16.0. The summed E-state index contributed by atoms with van der Waals surface area (Å²) in [6, 6.07) is 9.22. The molecule has 0 saturated carbocycles. The molecule has 0 N–H and O–H groups in total. The van der Waals surface area contributed by atoms with Crippen LogP contribution in [0.1, 0.15) is 90.3 Å². The van der Waals surface area contributed by atoms with E-state index < -0.39 is 0 Å². The van der Waals surface area contributed by atoms with Crippen LogP contribution < -0.4 is 4.90 Å². The van der Waals surface area contributed by atoms with Crippen molar-refractivity contribution >= 4 is 11.3 Å². The smallest absolute Gasteiger partial charge is 0.132 e. The standard InChI is InChI=1S/C31H37N3/c1-29(2)9-11-34-12-10-30(3,4)27-16-21(15-26(29)28(27)34)20-7-8-25-22(13-20)14-23(17-31(25,5)6)24(18-32)19-33/h13-16,25H,7-12,17H2,1-6H3. The van der Waals surface area contributed by atoms with Crippen LogP contribution in [-0.4, -0.2) is 13.1 Å². The number of rotatable bonds is 1. The van der Waals surface area contributed by atoms with Gasteiger partial charge in [0.2, 0.25) is 0 Å². The minimum absolute atomic E-state index is 0.0483. The lowest BCUT2D eigenvalue weighted by molar-refractivity contribution is 0.227. The van der Waals surface area contributed by atoms with Gasteiger partial charge in [-0.3, -0.25) is 0 Å². The highest BCUT2D eigenvalue weighted by Gasteiger charge is 2.41. The van der Waals surface area contributed by atoms with E-state index in [2.05, 4.69) is 82.9 Å². The molecular weight excluding hydrogens is 414 g/mol. The summed E-state index contributed by atoms with van der Waals surface area (Å²) in [6.07, 6.45) is 9.93. The third kappa shape index (κ3) is 3.53. The second-order valence-corrected chi connectivity index (χ2v) is 12.9. The average Bonchev–Trinajstić information content (AvgIpc) is 2.77. The Labute approximate surface area is 205 Å². The zero-order valence-corrected chi connectivity index (χ0v) is 21.7. The molecule has 0 fully saturated rings. The number of fused-ring (bicyclic) bond motifs is 1. The summed E-state index contributed by atoms with van der Waals surface area (Å²) in [5.41, 5.74) is 10.2. The average molecular weight is 452 g/mol. The largest absolute Gasteiger partial charge is 0.371 e. The predicted octanol–water partition coefficient (Wildman–Crippen LogP) is 7.35. The van der Waals surface area contributed by atoms with E-state index in [4.69, 9.17) is 0 Å². The summed E-state index contributed by atoms with van der Waals surface area (Å²) < 4.78 is 0. The molecule has 0 radical (unpaired) electrons. The van der Waals surface area contributed by atoms with E-state index in [1.54, 1.807) is 0 Å². The Morgan fingerprint density at radius 1 is 0.912 bits per heavy atom. The highest BCUT2D eigenvalue weighted by molar-refractivity contribution is 5.78. The van der Waals surface area contributed by atoms with Gasteiger partial charge in [-0.15, -0.1) is 0 Å². The van der Waals surface area contributed by atoms with Gasteiger partial charge >= 0.3 is 0 Å². The Balaban J connectivity index is 1.67.